The van der Waals surface area contributed by atoms with E-state index in [9.17, 15) is 18.0 Å². The summed E-state index contributed by atoms with van der Waals surface area (Å²) in [6, 6.07) is 9.71. The number of anilines is 1. The Balaban J connectivity index is 1.77. The molecule has 4 aromatic rings. The second-order valence-corrected chi connectivity index (χ2v) is 8.12. The fraction of sp³-hybridized carbons (Fsp3) is 0.182. The molecular weight excluding hydrogens is 494 g/mol. The van der Waals surface area contributed by atoms with Crippen molar-refractivity contribution in [2.75, 3.05) is 12.4 Å². The van der Waals surface area contributed by atoms with Gasteiger partial charge < -0.3 is 10.1 Å². The molecule has 4 rings (SSSR count). The van der Waals surface area contributed by atoms with Gasteiger partial charge in [0.2, 0.25) is 0 Å². The third kappa shape index (κ3) is 4.56. The molecule has 2 heterocycles. The van der Waals surface area contributed by atoms with Crippen molar-refractivity contribution in [3.8, 4) is 11.1 Å². The van der Waals surface area contributed by atoms with Crippen LogP contribution in [-0.2, 0) is 17.5 Å². The molecule has 0 unspecified atom stereocenters. The maximum Gasteiger partial charge on any atom is 0.416 e. The normalized spacial score (nSPS) is 11.7. The van der Waals surface area contributed by atoms with Crippen LogP contribution in [0.2, 0.25) is 10.0 Å². The lowest BCUT2D eigenvalue weighted by Crippen LogP contribution is -2.19. The number of benzene rings is 2. The topological polar surface area (TPSA) is 81.4 Å². The minimum Gasteiger partial charge on any atom is -0.378 e. The lowest BCUT2D eigenvalue weighted by atomic mass is 10.1. The van der Waals surface area contributed by atoms with Gasteiger partial charge in [-0.25, -0.2) is 4.52 Å². The molecule has 7 nitrogen and oxygen atoms in total. The van der Waals surface area contributed by atoms with Crippen molar-refractivity contribution in [3.05, 3.63) is 75.2 Å². The molecule has 0 atom stereocenters. The quantitative estimate of drug-likeness (QED) is 0.366. The summed E-state index contributed by atoms with van der Waals surface area (Å²) in [7, 11) is 1.52. The predicted molar refractivity (Wildman–Crippen MR) is 121 cm³/mol. The van der Waals surface area contributed by atoms with Gasteiger partial charge in [-0.3, -0.25) is 4.79 Å². The number of alkyl halides is 3. The summed E-state index contributed by atoms with van der Waals surface area (Å²) in [5.74, 6) is -0.791. The summed E-state index contributed by atoms with van der Waals surface area (Å²) in [4.78, 5) is 12.9. The number of halogens is 5. The molecule has 0 aliphatic carbocycles. The fourth-order valence-corrected chi connectivity index (χ4v) is 3.77. The molecule has 176 valence electrons. The van der Waals surface area contributed by atoms with E-state index >= 15 is 0 Å². The SMILES string of the molecule is COCc1nn2c(C)c(C(=O)Nc3cc(C(F)(F)F)ccc3Cl)nnc2c1-c1cccc(Cl)c1. The monoisotopic (exact) mass is 509 g/mol. The number of nitrogens with one attached hydrogen (secondary N) is 1. The van der Waals surface area contributed by atoms with Crippen LogP contribution < -0.4 is 5.32 Å². The number of hydrogen-bond donors (Lipinski definition) is 1. The number of aryl methyl sites for hydroxylation is 1. The van der Waals surface area contributed by atoms with Crippen LogP contribution in [0, 0.1) is 6.92 Å². The highest BCUT2D eigenvalue weighted by molar-refractivity contribution is 6.34. The minimum absolute atomic E-state index is 0.0576. The minimum atomic E-state index is -4.59. The van der Waals surface area contributed by atoms with Crippen molar-refractivity contribution in [1.29, 1.82) is 0 Å². The van der Waals surface area contributed by atoms with E-state index in [1.165, 1.54) is 11.6 Å². The van der Waals surface area contributed by atoms with Crippen molar-refractivity contribution in [1.82, 2.24) is 19.8 Å². The maximum absolute atomic E-state index is 13.1. The van der Waals surface area contributed by atoms with E-state index in [1.807, 2.05) is 6.07 Å². The van der Waals surface area contributed by atoms with Crippen LogP contribution >= 0.6 is 23.2 Å². The van der Waals surface area contributed by atoms with Crippen LogP contribution in [0.4, 0.5) is 18.9 Å². The summed E-state index contributed by atoms with van der Waals surface area (Å²) < 4.78 is 45.9. The molecule has 0 spiro atoms. The molecule has 34 heavy (non-hydrogen) atoms. The Labute approximate surface area is 201 Å². The number of carbonyl (C=O) groups excluding carboxylic acids is 1. The Bertz CT molecular complexity index is 1410. The molecule has 12 heteroatoms. The van der Waals surface area contributed by atoms with Crippen LogP contribution in [0.3, 0.4) is 0 Å². The second-order valence-electron chi connectivity index (χ2n) is 7.28. The summed E-state index contributed by atoms with van der Waals surface area (Å²) in [5, 5.41) is 15.5. The average Bonchev–Trinajstić information content (AvgIpc) is 3.14. The van der Waals surface area contributed by atoms with Gasteiger partial charge in [-0.1, -0.05) is 35.3 Å². The van der Waals surface area contributed by atoms with Gasteiger partial charge >= 0.3 is 6.18 Å². The van der Waals surface area contributed by atoms with Gasteiger partial charge in [0.15, 0.2) is 11.3 Å². The van der Waals surface area contributed by atoms with Crippen molar-refractivity contribution >= 4 is 40.4 Å². The molecule has 1 N–H and O–H groups in total. The van der Waals surface area contributed by atoms with E-state index in [0.29, 0.717) is 27.6 Å². The zero-order valence-electron chi connectivity index (χ0n) is 17.7. The number of nitrogens with zero attached hydrogens (tertiary/aromatic N) is 4. The smallest absolute Gasteiger partial charge is 0.378 e. The van der Waals surface area contributed by atoms with Gasteiger partial charge in [-0.2, -0.15) is 18.3 Å². The van der Waals surface area contributed by atoms with Gasteiger partial charge in [0, 0.05) is 12.1 Å². The summed E-state index contributed by atoms with van der Waals surface area (Å²) >= 11 is 12.1. The number of carbonyl (C=O) groups is 1. The molecule has 0 fully saturated rings. The highest BCUT2D eigenvalue weighted by atomic mass is 35.5. The number of rotatable bonds is 5. The number of amides is 1. The standard InChI is InChI=1S/C22H16Cl2F3N5O2/c1-11-19(21(33)28-16-9-13(22(25,26)27)6-7-15(16)24)29-30-20-18(12-4-3-5-14(23)8-12)17(10-34-2)31-32(11)20/h3-9H,10H2,1-2H3,(H,28,33). The molecule has 0 bridgehead atoms. The Kier molecular flexibility index (Phi) is 6.48. The van der Waals surface area contributed by atoms with Crippen molar-refractivity contribution in [3.63, 3.8) is 0 Å². The fourth-order valence-electron chi connectivity index (χ4n) is 3.42. The largest absolute Gasteiger partial charge is 0.416 e. The van der Waals surface area contributed by atoms with Crippen molar-refractivity contribution in [2.24, 2.45) is 0 Å². The summed E-state index contributed by atoms with van der Waals surface area (Å²) in [6.07, 6.45) is -4.59. The molecule has 0 saturated heterocycles. The van der Waals surface area contributed by atoms with E-state index in [1.54, 1.807) is 25.1 Å². The first-order valence-electron chi connectivity index (χ1n) is 9.78. The van der Waals surface area contributed by atoms with Crippen molar-refractivity contribution in [2.45, 2.75) is 19.7 Å². The zero-order valence-corrected chi connectivity index (χ0v) is 19.3. The van der Waals surface area contributed by atoms with Crippen molar-refractivity contribution < 1.29 is 22.7 Å². The van der Waals surface area contributed by atoms with Gasteiger partial charge in [0.05, 0.1) is 39.8 Å². The van der Waals surface area contributed by atoms with E-state index < -0.39 is 17.6 Å². The number of methoxy groups -OCH3 is 1. The van der Waals surface area contributed by atoms with Crippen LogP contribution in [0.1, 0.15) is 27.4 Å². The van der Waals surface area contributed by atoms with Gasteiger partial charge in [0.25, 0.3) is 5.91 Å². The molecule has 2 aromatic heterocycles. The summed E-state index contributed by atoms with van der Waals surface area (Å²) in [6.45, 7) is 1.75. The Morgan fingerprint density at radius 3 is 2.59 bits per heavy atom. The van der Waals surface area contributed by atoms with Gasteiger partial charge in [-0.15, -0.1) is 10.2 Å². The average molecular weight is 510 g/mol. The number of aromatic nitrogens is 4. The molecule has 0 saturated carbocycles. The second kappa shape index (κ2) is 9.21. The molecule has 1 amide bonds. The lowest BCUT2D eigenvalue weighted by molar-refractivity contribution is -0.137. The zero-order chi connectivity index (χ0) is 24.6. The van der Waals surface area contributed by atoms with E-state index in [2.05, 4.69) is 20.6 Å². The van der Waals surface area contributed by atoms with Crippen LogP contribution in [-0.4, -0.2) is 32.8 Å². The van der Waals surface area contributed by atoms with E-state index in [-0.39, 0.29) is 23.0 Å². The van der Waals surface area contributed by atoms with E-state index in [0.717, 1.165) is 23.8 Å². The number of hydrogen-bond acceptors (Lipinski definition) is 5. The van der Waals surface area contributed by atoms with Gasteiger partial charge in [0.1, 0.15) is 0 Å². The molecular formula is C22H16Cl2F3N5O2. The molecule has 2 aromatic carbocycles. The third-order valence-corrected chi connectivity index (χ3v) is 5.55. The van der Waals surface area contributed by atoms with Crippen LogP contribution in [0.25, 0.3) is 16.8 Å². The first-order valence-corrected chi connectivity index (χ1v) is 10.5. The highest BCUT2D eigenvalue weighted by Gasteiger charge is 2.31. The van der Waals surface area contributed by atoms with Crippen LogP contribution in [0.5, 0.6) is 0 Å². The summed E-state index contributed by atoms with van der Waals surface area (Å²) in [5.41, 5.74) is 1.29. The first kappa shape index (κ1) is 23.9. The predicted octanol–water partition coefficient (Wildman–Crippen LogP) is 5.82. The first-order chi connectivity index (χ1) is 16.1. The maximum atomic E-state index is 13.1. The lowest BCUT2D eigenvalue weighted by Gasteiger charge is -2.12. The van der Waals surface area contributed by atoms with Crippen LogP contribution in [0.15, 0.2) is 42.5 Å². The molecule has 0 radical (unpaired) electrons. The highest BCUT2D eigenvalue weighted by Crippen LogP contribution is 2.34. The van der Waals surface area contributed by atoms with E-state index in [4.69, 9.17) is 27.9 Å². The Morgan fingerprint density at radius 1 is 1.15 bits per heavy atom. The molecule has 0 aliphatic rings. The number of fused-ring (bicyclic) bond motifs is 1. The Hall–Kier alpha value is -3.21. The van der Waals surface area contributed by atoms with Gasteiger partial charge in [-0.05, 0) is 42.8 Å². The number of ether oxygens (including phenoxy) is 1. The Morgan fingerprint density at radius 2 is 1.91 bits per heavy atom. The molecule has 0 aliphatic heterocycles. The third-order valence-electron chi connectivity index (χ3n) is 4.99.